The van der Waals surface area contributed by atoms with Crippen LogP contribution < -0.4 is 28.3 Å². The molecule has 0 spiro atoms. The summed E-state index contributed by atoms with van der Waals surface area (Å²) >= 11 is 0. The Bertz CT molecular complexity index is 1380. The Morgan fingerprint density at radius 3 is 0.800 bits per heavy atom. The van der Waals surface area contributed by atoms with Gasteiger partial charge in [-0.2, -0.15) is 0 Å². The van der Waals surface area contributed by atoms with Crippen LogP contribution in [0.1, 0.15) is 0 Å². The topological polar surface area (TPSA) is 95.1 Å². The SMILES string of the molecule is O=P(Nc1ccc(NP(=O)(Oc2ccccc2)Oc2ccccc2)cc1)(Oc1ccccc1)Oc1ccccc1. The van der Waals surface area contributed by atoms with Gasteiger partial charge in [-0.3, -0.25) is 10.2 Å². The number of benzene rings is 5. The number of nitrogens with one attached hydrogen (secondary N) is 2. The van der Waals surface area contributed by atoms with Crippen LogP contribution >= 0.6 is 15.5 Å². The molecule has 0 bridgehead atoms. The highest BCUT2D eigenvalue weighted by Gasteiger charge is 2.31. The Balaban J connectivity index is 1.35. The number of para-hydroxylation sites is 4. The molecule has 5 rings (SSSR count). The fraction of sp³-hybridized carbons (Fsp3) is 0. The lowest BCUT2D eigenvalue weighted by Gasteiger charge is -2.22. The summed E-state index contributed by atoms with van der Waals surface area (Å²) in [6, 6.07) is 41.6. The van der Waals surface area contributed by atoms with Gasteiger partial charge in [0.1, 0.15) is 23.0 Å². The van der Waals surface area contributed by atoms with Crippen molar-refractivity contribution in [3.63, 3.8) is 0 Å². The zero-order valence-electron chi connectivity index (χ0n) is 21.2. The third-order valence-electron chi connectivity index (χ3n) is 5.29. The quantitative estimate of drug-likeness (QED) is 0.143. The van der Waals surface area contributed by atoms with E-state index in [1.165, 1.54) is 0 Å². The molecule has 8 nitrogen and oxygen atoms in total. The van der Waals surface area contributed by atoms with Crippen LogP contribution in [0.15, 0.2) is 146 Å². The van der Waals surface area contributed by atoms with Crippen LogP contribution in [0.25, 0.3) is 0 Å². The van der Waals surface area contributed by atoms with E-state index in [1.807, 2.05) is 24.3 Å². The van der Waals surface area contributed by atoms with Gasteiger partial charge in [0.15, 0.2) is 0 Å². The highest BCUT2D eigenvalue weighted by Crippen LogP contribution is 2.50. The number of hydrogen-bond donors (Lipinski definition) is 2. The van der Waals surface area contributed by atoms with E-state index in [0.29, 0.717) is 34.4 Å². The highest BCUT2D eigenvalue weighted by molar-refractivity contribution is 7.56. The van der Waals surface area contributed by atoms with Crippen molar-refractivity contribution in [1.29, 1.82) is 0 Å². The second-order valence-corrected chi connectivity index (χ2v) is 11.6. The Morgan fingerprint density at radius 2 is 0.575 bits per heavy atom. The summed E-state index contributed by atoms with van der Waals surface area (Å²) < 4.78 is 50.7. The van der Waals surface area contributed by atoms with Gasteiger partial charge in [-0.05, 0) is 72.8 Å². The average molecular weight is 572 g/mol. The van der Waals surface area contributed by atoms with Gasteiger partial charge in [0.25, 0.3) is 0 Å². The number of hydrogen-bond acceptors (Lipinski definition) is 6. The summed E-state index contributed by atoms with van der Waals surface area (Å²) in [7, 11) is -7.81. The molecule has 40 heavy (non-hydrogen) atoms. The molecule has 5 aromatic carbocycles. The van der Waals surface area contributed by atoms with Gasteiger partial charge in [0, 0.05) is 11.4 Å². The third-order valence-corrected chi connectivity index (χ3v) is 8.16. The zero-order chi connectivity index (χ0) is 27.7. The van der Waals surface area contributed by atoms with E-state index in [0.717, 1.165) is 0 Å². The van der Waals surface area contributed by atoms with Gasteiger partial charge < -0.3 is 18.1 Å². The highest BCUT2D eigenvalue weighted by atomic mass is 31.2. The van der Waals surface area contributed by atoms with Crippen molar-refractivity contribution in [2.75, 3.05) is 10.2 Å². The second kappa shape index (κ2) is 12.5. The molecular formula is C30H26N2O6P2. The molecule has 0 aliphatic heterocycles. The van der Waals surface area contributed by atoms with E-state index in [4.69, 9.17) is 18.1 Å². The molecule has 2 N–H and O–H groups in total. The Hall–Kier alpha value is -4.64. The first-order valence-corrected chi connectivity index (χ1v) is 15.4. The van der Waals surface area contributed by atoms with E-state index in [2.05, 4.69) is 10.2 Å². The molecule has 0 aliphatic carbocycles. The number of anilines is 2. The summed E-state index contributed by atoms with van der Waals surface area (Å²) in [6.07, 6.45) is 0. The van der Waals surface area contributed by atoms with E-state index in [-0.39, 0.29) is 0 Å². The van der Waals surface area contributed by atoms with Gasteiger partial charge in [-0.25, -0.2) is 9.13 Å². The van der Waals surface area contributed by atoms with E-state index < -0.39 is 15.5 Å². The molecule has 0 radical (unpaired) electrons. The predicted octanol–water partition coefficient (Wildman–Crippen LogP) is 9.04. The molecule has 10 heteroatoms. The van der Waals surface area contributed by atoms with Crippen molar-refractivity contribution in [3.05, 3.63) is 146 Å². The van der Waals surface area contributed by atoms with Crippen LogP contribution in [-0.2, 0) is 9.13 Å². The van der Waals surface area contributed by atoms with Crippen LogP contribution in [0.3, 0.4) is 0 Å². The van der Waals surface area contributed by atoms with Crippen molar-refractivity contribution >= 4 is 26.9 Å². The van der Waals surface area contributed by atoms with Gasteiger partial charge in [-0.1, -0.05) is 72.8 Å². The first-order valence-electron chi connectivity index (χ1n) is 12.3. The van der Waals surface area contributed by atoms with Crippen LogP contribution in [-0.4, -0.2) is 0 Å². The maximum atomic E-state index is 13.8. The fourth-order valence-corrected chi connectivity index (χ4v) is 6.33. The minimum Gasteiger partial charge on any atom is -0.400 e. The normalized spacial score (nSPS) is 11.2. The Kier molecular flexibility index (Phi) is 8.41. The maximum Gasteiger partial charge on any atom is 0.541 e. The molecule has 0 amide bonds. The van der Waals surface area contributed by atoms with Crippen LogP contribution in [0.5, 0.6) is 23.0 Å². The molecule has 0 saturated heterocycles. The summed E-state index contributed by atoms with van der Waals surface area (Å²) in [6.45, 7) is 0. The van der Waals surface area contributed by atoms with Crippen molar-refractivity contribution in [1.82, 2.24) is 0 Å². The van der Waals surface area contributed by atoms with E-state index in [1.54, 1.807) is 121 Å². The van der Waals surface area contributed by atoms with Gasteiger partial charge in [0.05, 0.1) is 0 Å². The van der Waals surface area contributed by atoms with E-state index >= 15 is 0 Å². The summed E-state index contributed by atoms with van der Waals surface area (Å²) in [5.74, 6) is 1.52. The molecule has 0 heterocycles. The molecule has 0 unspecified atom stereocenters. The molecule has 0 aromatic heterocycles. The standard InChI is InChI=1S/C30H26N2O6P2/c33-39(35-27-13-5-1-6-14-27,36-28-15-7-2-8-16-28)31-25-21-23-26(24-22-25)32-40(34,37-29-17-9-3-10-18-29)38-30-19-11-4-12-20-30/h1-24H,(H,31,33)(H,32,34). The second-order valence-electron chi connectivity index (χ2n) is 8.41. The lowest BCUT2D eigenvalue weighted by Crippen LogP contribution is -2.11. The molecule has 202 valence electrons. The third kappa shape index (κ3) is 7.70. The average Bonchev–Trinajstić information content (AvgIpc) is 2.96. The minimum atomic E-state index is -3.91. The lowest BCUT2D eigenvalue weighted by atomic mass is 10.3. The Morgan fingerprint density at radius 1 is 0.350 bits per heavy atom. The predicted molar refractivity (Wildman–Crippen MR) is 157 cm³/mol. The van der Waals surface area contributed by atoms with Gasteiger partial charge in [0.2, 0.25) is 0 Å². The molecular weight excluding hydrogens is 546 g/mol. The molecule has 5 aromatic rings. The van der Waals surface area contributed by atoms with Crippen molar-refractivity contribution < 1.29 is 27.2 Å². The lowest BCUT2D eigenvalue weighted by molar-refractivity contribution is 0.391. The van der Waals surface area contributed by atoms with Crippen LogP contribution in [0.2, 0.25) is 0 Å². The summed E-state index contributed by atoms with van der Waals surface area (Å²) in [5.41, 5.74) is 0.895. The fourth-order valence-electron chi connectivity index (χ4n) is 3.54. The first kappa shape index (κ1) is 26.9. The summed E-state index contributed by atoms with van der Waals surface area (Å²) in [4.78, 5) is 0. The molecule has 0 aliphatic rings. The van der Waals surface area contributed by atoms with Crippen LogP contribution in [0, 0.1) is 0 Å². The summed E-state index contributed by atoms with van der Waals surface area (Å²) in [5, 5.41) is 5.75. The van der Waals surface area contributed by atoms with Crippen molar-refractivity contribution in [3.8, 4) is 23.0 Å². The largest absolute Gasteiger partial charge is 0.541 e. The molecule has 0 fully saturated rings. The van der Waals surface area contributed by atoms with Gasteiger partial charge in [-0.15, -0.1) is 0 Å². The molecule has 0 saturated carbocycles. The minimum absolute atomic E-state index is 0.379. The van der Waals surface area contributed by atoms with Crippen molar-refractivity contribution in [2.45, 2.75) is 0 Å². The van der Waals surface area contributed by atoms with Crippen molar-refractivity contribution in [2.24, 2.45) is 0 Å². The monoisotopic (exact) mass is 572 g/mol. The first-order chi connectivity index (χ1) is 19.5. The van der Waals surface area contributed by atoms with Gasteiger partial charge >= 0.3 is 15.5 Å². The smallest absolute Gasteiger partial charge is 0.400 e. The molecule has 0 atom stereocenters. The number of rotatable bonds is 12. The maximum absolute atomic E-state index is 13.8. The van der Waals surface area contributed by atoms with Crippen LogP contribution in [0.4, 0.5) is 11.4 Å². The zero-order valence-corrected chi connectivity index (χ0v) is 23.0. The Labute approximate surface area is 232 Å². The van der Waals surface area contributed by atoms with E-state index in [9.17, 15) is 9.13 Å².